The van der Waals surface area contributed by atoms with Crippen molar-refractivity contribution in [3.63, 3.8) is 0 Å². The highest BCUT2D eigenvalue weighted by Crippen LogP contribution is 2.35. The Bertz CT molecular complexity index is 1020. The lowest BCUT2D eigenvalue weighted by molar-refractivity contribution is -0.118. The Hall–Kier alpha value is -3.36. The first-order chi connectivity index (χ1) is 16.3. The summed E-state index contributed by atoms with van der Waals surface area (Å²) in [4.78, 5) is 52.2. The maximum absolute atomic E-state index is 13.5. The lowest BCUT2D eigenvalue weighted by Gasteiger charge is -2.24. The number of nitrogens with one attached hydrogen (secondary N) is 4. The van der Waals surface area contributed by atoms with E-state index >= 15 is 0 Å². The van der Waals surface area contributed by atoms with Crippen LogP contribution in [-0.4, -0.2) is 48.6 Å². The van der Waals surface area contributed by atoms with E-state index in [1.807, 2.05) is 13.8 Å². The number of hydrogen-bond acceptors (Lipinski definition) is 6. The van der Waals surface area contributed by atoms with E-state index in [1.165, 1.54) is 0 Å². The summed E-state index contributed by atoms with van der Waals surface area (Å²) in [6.45, 7) is 8.88. The third-order valence-electron chi connectivity index (χ3n) is 5.78. The van der Waals surface area contributed by atoms with Crippen molar-refractivity contribution >= 4 is 34.8 Å². The second-order valence-corrected chi connectivity index (χ2v) is 8.44. The van der Waals surface area contributed by atoms with E-state index < -0.39 is 12.1 Å². The van der Waals surface area contributed by atoms with Gasteiger partial charge in [0, 0.05) is 11.1 Å². The van der Waals surface area contributed by atoms with Crippen LogP contribution in [0.3, 0.4) is 0 Å². The number of carbonyl (C=O) groups is 4. The summed E-state index contributed by atoms with van der Waals surface area (Å²) in [5.74, 6) is -1.32. The lowest BCUT2D eigenvalue weighted by atomic mass is 9.82. The Morgan fingerprint density at radius 3 is 1.44 bits per heavy atom. The summed E-state index contributed by atoms with van der Waals surface area (Å²) in [5.41, 5.74) is 1.31. The van der Waals surface area contributed by atoms with E-state index in [1.54, 1.807) is 50.2 Å². The second kappa shape index (κ2) is 11.2. The van der Waals surface area contributed by atoms with Gasteiger partial charge in [-0.2, -0.15) is 0 Å². The fraction of sp³-hybridized carbons (Fsp3) is 0.385. The molecule has 34 heavy (non-hydrogen) atoms. The first-order valence-corrected chi connectivity index (χ1v) is 11.7. The normalized spacial score (nSPS) is 14.1. The molecule has 0 bridgehead atoms. The molecule has 1 aliphatic carbocycles. The van der Waals surface area contributed by atoms with Crippen LogP contribution >= 0.6 is 0 Å². The van der Waals surface area contributed by atoms with Crippen molar-refractivity contribution in [3.05, 3.63) is 58.7 Å². The van der Waals surface area contributed by atoms with Crippen LogP contribution in [0, 0.1) is 0 Å². The van der Waals surface area contributed by atoms with E-state index in [4.69, 9.17) is 0 Å². The van der Waals surface area contributed by atoms with Gasteiger partial charge in [-0.25, -0.2) is 0 Å². The topological polar surface area (TPSA) is 116 Å². The molecule has 4 N–H and O–H groups in total. The molecular formula is C26H32N4O4. The number of carbonyl (C=O) groups excluding carboxylic acids is 4. The molecule has 0 radical (unpaired) electrons. The van der Waals surface area contributed by atoms with Crippen LogP contribution in [0.25, 0.3) is 0 Å². The van der Waals surface area contributed by atoms with Crippen LogP contribution in [0.15, 0.2) is 36.4 Å². The quantitative estimate of drug-likeness (QED) is 0.366. The van der Waals surface area contributed by atoms with Gasteiger partial charge in [-0.15, -0.1) is 0 Å². The molecule has 0 saturated heterocycles. The zero-order chi connectivity index (χ0) is 24.8. The maximum Gasteiger partial charge on any atom is 0.241 e. The van der Waals surface area contributed by atoms with E-state index in [0.717, 1.165) is 12.8 Å². The zero-order valence-corrected chi connectivity index (χ0v) is 20.1. The van der Waals surface area contributed by atoms with Crippen molar-refractivity contribution in [1.29, 1.82) is 0 Å². The third-order valence-corrected chi connectivity index (χ3v) is 5.78. The molecule has 1 aliphatic rings. The Labute approximate surface area is 199 Å². The molecule has 8 nitrogen and oxygen atoms in total. The van der Waals surface area contributed by atoms with Crippen LogP contribution in [0.1, 0.15) is 72.4 Å². The molecule has 2 amide bonds. The van der Waals surface area contributed by atoms with Gasteiger partial charge in [0.1, 0.15) is 0 Å². The minimum absolute atomic E-state index is 0.164. The van der Waals surface area contributed by atoms with Gasteiger partial charge >= 0.3 is 0 Å². The van der Waals surface area contributed by atoms with Crippen molar-refractivity contribution in [2.45, 2.75) is 52.6 Å². The molecule has 2 aromatic rings. The molecule has 0 spiro atoms. The van der Waals surface area contributed by atoms with Gasteiger partial charge in [-0.1, -0.05) is 38.1 Å². The summed E-state index contributed by atoms with van der Waals surface area (Å²) in [6, 6.07) is 8.72. The number of anilines is 2. The van der Waals surface area contributed by atoms with E-state index in [-0.39, 0.29) is 45.6 Å². The number of ketones is 2. The van der Waals surface area contributed by atoms with E-state index in [2.05, 4.69) is 21.3 Å². The van der Waals surface area contributed by atoms with Crippen molar-refractivity contribution in [2.75, 3.05) is 23.7 Å². The summed E-state index contributed by atoms with van der Waals surface area (Å²) in [6.07, 6.45) is 1.77. The van der Waals surface area contributed by atoms with Crippen LogP contribution in [0.5, 0.6) is 0 Å². The smallest absolute Gasteiger partial charge is 0.241 e. The predicted octanol–water partition coefficient (Wildman–Crippen LogP) is 3.12. The molecule has 0 aliphatic heterocycles. The molecule has 2 unspecified atom stereocenters. The monoisotopic (exact) mass is 464 g/mol. The fourth-order valence-electron chi connectivity index (χ4n) is 3.84. The van der Waals surface area contributed by atoms with Crippen molar-refractivity contribution in [3.8, 4) is 0 Å². The first kappa shape index (κ1) is 25.3. The molecule has 2 atom stereocenters. The van der Waals surface area contributed by atoms with E-state index in [0.29, 0.717) is 24.5 Å². The Morgan fingerprint density at radius 1 is 0.706 bits per heavy atom. The van der Waals surface area contributed by atoms with Crippen LogP contribution in [-0.2, 0) is 9.59 Å². The minimum atomic E-state index is -0.456. The van der Waals surface area contributed by atoms with Crippen LogP contribution < -0.4 is 21.3 Å². The minimum Gasteiger partial charge on any atom is -0.324 e. The Morgan fingerprint density at radius 2 is 1.09 bits per heavy atom. The van der Waals surface area contributed by atoms with Crippen molar-refractivity contribution in [2.24, 2.45) is 0 Å². The maximum atomic E-state index is 13.5. The molecule has 2 aromatic carbocycles. The van der Waals surface area contributed by atoms with Crippen molar-refractivity contribution < 1.29 is 19.2 Å². The van der Waals surface area contributed by atoms with E-state index in [9.17, 15) is 19.2 Å². The SMILES string of the molecule is CCCNC(C)C(=O)Nc1cccc2c1C(=O)c1cccc(NC(=O)C(C)NCCC)c1C2=O. The fourth-order valence-corrected chi connectivity index (χ4v) is 3.84. The summed E-state index contributed by atoms with van der Waals surface area (Å²) in [7, 11) is 0. The molecule has 8 heteroatoms. The number of benzene rings is 2. The van der Waals surface area contributed by atoms with Gasteiger partial charge < -0.3 is 21.3 Å². The van der Waals surface area contributed by atoms with Crippen LogP contribution in [0.4, 0.5) is 11.4 Å². The molecule has 180 valence electrons. The molecule has 0 fully saturated rings. The number of fused-ring (bicyclic) bond motifs is 2. The van der Waals surface area contributed by atoms with Crippen LogP contribution in [0.2, 0.25) is 0 Å². The second-order valence-electron chi connectivity index (χ2n) is 8.44. The summed E-state index contributed by atoms with van der Waals surface area (Å²) < 4.78 is 0. The summed E-state index contributed by atoms with van der Waals surface area (Å²) >= 11 is 0. The first-order valence-electron chi connectivity index (χ1n) is 11.7. The Kier molecular flexibility index (Phi) is 8.31. The largest absolute Gasteiger partial charge is 0.324 e. The molecule has 3 rings (SSSR count). The Balaban J connectivity index is 1.92. The zero-order valence-electron chi connectivity index (χ0n) is 20.1. The third kappa shape index (κ3) is 5.24. The van der Waals surface area contributed by atoms with Gasteiger partial charge in [0.05, 0.1) is 34.6 Å². The van der Waals surface area contributed by atoms with Crippen molar-refractivity contribution in [1.82, 2.24) is 10.6 Å². The highest BCUT2D eigenvalue weighted by atomic mass is 16.2. The molecule has 0 aromatic heterocycles. The molecule has 0 heterocycles. The average molecular weight is 465 g/mol. The highest BCUT2D eigenvalue weighted by molar-refractivity contribution is 6.32. The number of amides is 2. The number of rotatable bonds is 10. The van der Waals surface area contributed by atoms with Gasteiger partial charge in [0.2, 0.25) is 11.8 Å². The number of hydrogen-bond donors (Lipinski definition) is 4. The summed E-state index contributed by atoms with van der Waals surface area (Å²) in [5, 5.41) is 11.8. The van der Waals surface area contributed by atoms with Gasteiger partial charge in [-0.3, -0.25) is 19.2 Å². The average Bonchev–Trinajstić information content (AvgIpc) is 2.83. The molecular weight excluding hydrogens is 432 g/mol. The highest BCUT2D eigenvalue weighted by Gasteiger charge is 2.34. The van der Waals surface area contributed by atoms with Gasteiger partial charge in [0.15, 0.2) is 11.6 Å². The predicted molar refractivity (Wildman–Crippen MR) is 133 cm³/mol. The standard InChI is InChI=1S/C26H32N4O4/c1-5-13-27-15(3)25(33)29-19-11-7-9-17-21(19)23(31)18-10-8-12-20(22(18)24(17)32)30-26(34)16(4)28-14-6-2/h7-12,15-16,27-28H,5-6,13-14H2,1-4H3,(H,29,33)(H,30,34). The lowest BCUT2D eigenvalue weighted by Crippen LogP contribution is -2.39. The van der Waals surface area contributed by atoms with Gasteiger partial charge in [0.25, 0.3) is 0 Å². The van der Waals surface area contributed by atoms with Gasteiger partial charge in [-0.05, 0) is 51.9 Å². The molecule has 0 saturated carbocycles.